The standard InChI is InChI=1S/C17H24ClN5O/c1-22(16-14-5-6-19-15(14)20-17(18)21-16)13-9-11-3-4-12(10-13)23(11)7-8-24-2/h5-6,11-13H,3-4,7-10H2,1-2H3,(H,19,20,21). The van der Waals surface area contributed by atoms with Gasteiger partial charge in [0.15, 0.2) is 0 Å². The first-order chi connectivity index (χ1) is 11.7. The summed E-state index contributed by atoms with van der Waals surface area (Å²) < 4.78 is 5.28. The number of nitrogens with zero attached hydrogens (tertiary/aromatic N) is 4. The van der Waals surface area contributed by atoms with Gasteiger partial charge in [0.2, 0.25) is 5.28 Å². The van der Waals surface area contributed by atoms with E-state index in [-0.39, 0.29) is 0 Å². The van der Waals surface area contributed by atoms with Crippen molar-refractivity contribution >= 4 is 28.5 Å². The first-order valence-electron chi connectivity index (χ1n) is 8.65. The number of nitrogens with one attached hydrogen (secondary N) is 1. The average molecular weight is 350 g/mol. The molecule has 7 heteroatoms. The molecule has 1 N–H and O–H groups in total. The number of fused-ring (bicyclic) bond motifs is 3. The highest BCUT2D eigenvalue weighted by atomic mass is 35.5. The maximum absolute atomic E-state index is 6.12. The molecular formula is C17H24ClN5O. The minimum absolute atomic E-state index is 0.298. The third kappa shape index (κ3) is 2.76. The molecule has 2 fully saturated rings. The van der Waals surface area contributed by atoms with Crippen LogP contribution in [0.15, 0.2) is 12.3 Å². The number of ether oxygens (including phenoxy) is 1. The second-order valence-electron chi connectivity index (χ2n) is 6.91. The monoisotopic (exact) mass is 349 g/mol. The van der Waals surface area contributed by atoms with Gasteiger partial charge in [-0.25, -0.2) is 0 Å². The molecule has 6 nitrogen and oxygen atoms in total. The highest BCUT2D eigenvalue weighted by Gasteiger charge is 2.41. The van der Waals surface area contributed by atoms with Crippen LogP contribution >= 0.6 is 11.6 Å². The number of aromatic nitrogens is 3. The summed E-state index contributed by atoms with van der Waals surface area (Å²) in [4.78, 5) is 16.9. The first-order valence-corrected chi connectivity index (χ1v) is 9.03. The van der Waals surface area contributed by atoms with Gasteiger partial charge in [-0.1, -0.05) is 0 Å². The third-order valence-electron chi connectivity index (χ3n) is 5.66. The Morgan fingerprint density at radius 3 is 2.79 bits per heavy atom. The zero-order valence-electron chi connectivity index (χ0n) is 14.2. The van der Waals surface area contributed by atoms with Crippen LogP contribution in [0.2, 0.25) is 5.28 Å². The molecule has 2 aromatic heterocycles. The number of H-pyrrole nitrogens is 1. The van der Waals surface area contributed by atoms with Crippen LogP contribution < -0.4 is 4.90 Å². The van der Waals surface area contributed by atoms with E-state index in [4.69, 9.17) is 16.3 Å². The number of rotatable bonds is 5. The lowest BCUT2D eigenvalue weighted by Gasteiger charge is -2.42. The molecule has 0 spiro atoms. The molecule has 4 rings (SSSR count). The van der Waals surface area contributed by atoms with E-state index in [9.17, 15) is 0 Å². The number of anilines is 1. The molecule has 2 aromatic rings. The molecule has 2 unspecified atom stereocenters. The topological polar surface area (TPSA) is 57.3 Å². The Morgan fingerprint density at radius 1 is 1.33 bits per heavy atom. The van der Waals surface area contributed by atoms with Crippen molar-refractivity contribution in [2.45, 2.75) is 43.8 Å². The van der Waals surface area contributed by atoms with Crippen LogP contribution in [0.4, 0.5) is 5.82 Å². The molecule has 2 aliphatic rings. The average Bonchev–Trinajstić information content (AvgIpc) is 3.12. The van der Waals surface area contributed by atoms with Crippen molar-refractivity contribution in [1.82, 2.24) is 19.9 Å². The Morgan fingerprint density at radius 2 is 2.08 bits per heavy atom. The fraction of sp³-hybridized carbons (Fsp3) is 0.647. The molecule has 2 bridgehead atoms. The minimum atomic E-state index is 0.298. The highest BCUT2D eigenvalue weighted by molar-refractivity contribution is 6.28. The Kier molecular flexibility index (Phi) is 4.37. The van der Waals surface area contributed by atoms with Crippen molar-refractivity contribution in [2.24, 2.45) is 0 Å². The zero-order valence-corrected chi connectivity index (χ0v) is 15.0. The molecule has 0 radical (unpaired) electrons. The van der Waals surface area contributed by atoms with E-state index in [1.165, 1.54) is 25.7 Å². The third-order valence-corrected chi connectivity index (χ3v) is 5.83. The van der Waals surface area contributed by atoms with E-state index in [0.29, 0.717) is 23.4 Å². The fourth-order valence-corrected chi connectivity index (χ4v) is 4.63. The van der Waals surface area contributed by atoms with Crippen LogP contribution in [-0.4, -0.2) is 65.3 Å². The van der Waals surface area contributed by atoms with Crippen LogP contribution in [0, 0.1) is 0 Å². The largest absolute Gasteiger partial charge is 0.383 e. The summed E-state index contributed by atoms with van der Waals surface area (Å²) in [6.07, 6.45) is 6.82. The maximum Gasteiger partial charge on any atom is 0.226 e. The summed E-state index contributed by atoms with van der Waals surface area (Å²) in [7, 11) is 3.92. The van der Waals surface area contributed by atoms with E-state index >= 15 is 0 Å². The van der Waals surface area contributed by atoms with Crippen molar-refractivity contribution in [3.8, 4) is 0 Å². The summed E-state index contributed by atoms with van der Waals surface area (Å²) >= 11 is 6.12. The molecule has 2 aliphatic heterocycles. The summed E-state index contributed by atoms with van der Waals surface area (Å²) in [5.74, 6) is 0.931. The Bertz CT molecular complexity index is 706. The van der Waals surface area contributed by atoms with E-state index < -0.39 is 0 Å². The molecule has 0 amide bonds. The number of methoxy groups -OCH3 is 1. The van der Waals surface area contributed by atoms with Gasteiger partial charge >= 0.3 is 0 Å². The number of hydrogen-bond donors (Lipinski definition) is 1. The van der Waals surface area contributed by atoms with E-state index in [2.05, 4.69) is 31.8 Å². The summed E-state index contributed by atoms with van der Waals surface area (Å²) in [6, 6.07) is 3.83. The lowest BCUT2D eigenvalue weighted by molar-refractivity contribution is 0.0831. The van der Waals surface area contributed by atoms with Gasteiger partial charge in [0.05, 0.1) is 12.0 Å². The van der Waals surface area contributed by atoms with Crippen LogP contribution in [-0.2, 0) is 4.74 Å². The van der Waals surface area contributed by atoms with E-state index in [1.807, 2.05) is 12.3 Å². The lowest BCUT2D eigenvalue weighted by Crippen LogP contribution is -2.50. The smallest absolute Gasteiger partial charge is 0.226 e. The molecule has 0 saturated carbocycles. The summed E-state index contributed by atoms with van der Waals surface area (Å²) in [6.45, 7) is 1.86. The maximum atomic E-state index is 6.12. The van der Waals surface area contributed by atoms with Crippen molar-refractivity contribution in [1.29, 1.82) is 0 Å². The van der Waals surface area contributed by atoms with Crippen LogP contribution in [0.3, 0.4) is 0 Å². The van der Waals surface area contributed by atoms with Crippen LogP contribution in [0.25, 0.3) is 11.0 Å². The molecule has 4 heterocycles. The van der Waals surface area contributed by atoms with Gasteiger partial charge in [-0.05, 0) is 43.4 Å². The predicted molar refractivity (Wildman–Crippen MR) is 95.7 cm³/mol. The number of hydrogen-bond acceptors (Lipinski definition) is 5. The molecule has 24 heavy (non-hydrogen) atoms. The second-order valence-corrected chi connectivity index (χ2v) is 7.25. The summed E-state index contributed by atoms with van der Waals surface area (Å²) in [5, 5.41) is 1.34. The van der Waals surface area contributed by atoms with Gasteiger partial charge in [0, 0.05) is 45.0 Å². The van der Waals surface area contributed by atoms with Crippen LogP contribution in [0.1, 0.15) is 25.7 Å². The van der Waals surface area contributed by atoms with Crippen molar-refractivity contribution in [3.63, 3.8) is 0 Å². The number of aromatic amines is 1. The number of halogens is 1. The normalized spacial score (nSPS) is 27.0. The van der Waals surface area contributed by atoms with Gasteiger partial charge in [0.25, 0.3) is 0 Å². The molecule has 0 aliphatic carbocycles. The lowest BCUT2D eigenvalue weighted by atomic mass is 9.96. The Balaban J connectivity index is 1.55. The van der Waals surface area contributed by atoms with Gasteiger partial charge in [0.1, 0.15) is 11.5 Å². The Hall–Kier alpha value is -1.37. The van der Waals surface area contributed by atoms with Crippen molar-refractivity contribution in [3.05, 3.63) is 17.5 Å². The van der Waals surface area contributed by atoms with Gasteiger partial charge < -0.3 is 14.6 Å². The van der Waals surface area contributed by atoms with Gasteiger partial charge in [-0.2, -0.15) is 9.97 Å². The van der Waals surface area contributed by atoms with Crippen molar-refractivity contribution < 1.29 is 4.74 Å². The Labute approximate surface area is 147 Å². The summed E-state index contributed by atoms with van der Waals surface area (Å²) in [5.41, 5.74) is 0.803. The fourth-order valence-electron chi connectivity index (χ4n) is 4.46. The van der Waals surface area contributed by atoms with E-state index in [0.717, 1.165) is 30.0 Å². The molecule has 2 atom stereocenters. The van der Waals surface area contributed by atoms with Crippen LogP contribution in [0.5, 0.6) is 0 Å². The SMILES string of the molecule is COCCN1C2CCC1CC(N(C)c1nc(Cl)nc3[nH]ccc13)C2. The quantitative estimate of drug-likeness (QED) is 0.841. The van der Waals surface area contributed by atoms with E-state index in [1.54, 1.807) is 7.11 Å². The van der Waals surface area contributed by atoms with Gasteiger partial charge in [-0.3, -0.25) is 4.90 Å². The first kappa shape index (κ1) is 16.1. The highest BCUT2D eigenvalue weighted by Crippen LogP contribution is 2.38. The molecule has 130 valence electrons. The molecule has 0 aromatic carbocycles. The van der Waals surface area contributed by atoms with Crippen molar-refractivity contribution in [2.75, 3.05) is 32.2 Å². The number of piperidine rings is 1. The zero-order chi connectivity index (χ0) is 16.7. The second kappa shape index (κ2) is 6.50. The minimum Gasteiger partial charge on any atom is -0.383 e. The van der Waals surface area contributed by atoms with Gasteiger partial charge in [-0.15, -0.1) is 0 Å². The molecular weight excluding hydrogens is 326 g/mol. The predicted octanol–water partition coefficient (Wildman–Crippen LogP) is 2.69. The molecule has 2 saturated heterocycles.